The van der Waals surface area contributed by atoms with E-state index in [1.165, 1.54) is 225 Å². The van der Waals surface area contributed by atoms with Gasteiger partial charge in [-0.2, -0.15) is 0 Å². The van der Waals surface area contributed by atoms with Gasteiger partial charge in [0.2, 0.25) is 5.91 Å². The number of carbonyl (C=O) groups excluding carboxylic acids is 2. The molecule has 0 saturated carbocycles. The van der Waals surface area contributed by atoms with Crippen LogP contribution in [0.5, 0.6) is 0 Å². The van der Waals surface area contributed by atoms with Gasteiger partial charge in [-0.1, -0.05) is 281 Å². The van der Waals surface area contributed by atoms with Crippen LogP contribution in [0.1, 0.15) is 329 Å². The summed E-state index contributed by atoms with van der Waals surface area (Å²) in [5.41, 5.74) is 0. The predicted molar refractivity (Wildman–Crippen MR) is 351 cm³/mol. The Morgan fingerprint density at radius 2 is 0.753 bits per heavy atom. The molecule has 3 unspecified atom stereocenters. The zero-order chi connectivity index (χ0) is 59.3. The number of unbranched alkanes of at least 4 members (excludes halogenated alkanes) is 39. The highest BCUT2D eigenvalue weighted by Crippen LogP contribution is 2.43. The van der Waals surface area contributed by atoms with Crippen molar-refractivity contribution < 1.29 is 37.3 Å². The number of rotatable bonds is 63. The van der Waals surface area contributed by atoms with Gasteiger partial charge in [0, 0.05) is 12.8 Å². The SMILES string of the molecule is CCCCC/C=C\C/C=C\CCCCCCCCCCCCCCCC(=O)NC(COP(=O)(O)OCC[N+](C)(C)C)C(/C=C\CCCCCCCCCCCCC)OC(=O)CCCCCCCCCCC/C=C\C/C=C\CCCCC. The van der Waals surface area contributed by atoms with Gasteiger partial charge in [-0.15, -0.1) is 0 Å². The molecule has 81 heavy (non-hydrogen) atoms. The van der Waals surface area contributed by atoms with Gasteiger partial charge >= 0.3 is 13.8 Å². The number of nitrogens with zero attached hydrogens (tertiary/aromatic N) is 1. The molecular weight excluding hydrogens is 1020 g/mol. The number of nitrogens with one attached hydrogen (secondary N) is 1. The van der Waals surface area contributed by atoms with Crippen molar-refractivity contribution in [3.63, 3.8) is 0 Å². The van der Waals surface area contributed by atoms with Crippen LogP contribution in [-0.4, -0.2) is 74.3 Å². The average Bonchev–Trinajstić information content (AvgIpc) is 3.44. The molecule has 0 fully saturated rings. The summed E-state index contributed by atoms with van der Waals surface area (Å²) in [5, 5.41) is 3.07. The molecule has 10 heteroatoms. The number of ether oxygens (including phenoxy) is 1. The van der Waals surface area contributed by atoms with Gasteiger partial charge in [0.05, 0.1) is 33.8 Å². The number of allylic oxidation sites excluding steroid dienone is 9. The number of likely N-dealkylation sites (N-methyl/N-ethyl adjacent to an activating group) is 1. The average molecular weight is 1160 g/mol. The Morgan fingerprint density at radius 1 is 0.432 bits per heavy atom. The maximum atomic E-state index is 13.6. The molecule has 1 amide bonds. The fraction of sp³-hybridized carbons (Fsp3) is 0.831. The van der Waals surface area contributed by atoms with Crippen molar-refractivity contribution in [2.45, 2.75) is 341 Å². The molecule has 0 saturated heterocycles. The molecule has 2 N–H and O–H groups in total. The minimum Gasteiger partial charge on any atom is -0.456 e. The van der Waals surface area contributed by atoms with Crippen LogP contribution in [0.2, 0.25) is 0 Å². The number of amides is 1. The maximum Gasteiger partial charge on any atom is 0.472 e. The van der Waals surface area contributed by atoms with Crippen molar-refractivity contribution in [1.29, 1.82) is 0 Å². The van der Waals surface area contributed by atoms with Crippen molar-refractivity contribution in [1.82, 2.24) is 5.32 Å². The second-order valence-electron chi connectivity index (χ2n) is 24.7. The van der Waals surface area contributed by atoms with Crippen LogP contribution in [-0.2, 0) is 27.9 Å². The topological polar surface area (TPSA) is 111 Å². The normalized spacial score (nSPS) is 13.9. The zero-order valence-corrected chi connectivity index (χ0v) is 55.2. The first kappa shape index (κ1) is 78.7. The summed E-state index contributed by atoms with van der Waals surface area (Å²) in [6.45, 7) is 7.00. The third-order valence-electron chi connectivity index (χ3n) is 15.4. The fourth-order valence-electron chi connectivity index (χ4n) is 10.1. The van der Waals surface area contributed by atoms with Crippen molar-refractivity contribution in [2.75, 3.05) is 40.9 Å². The Bertz CT molecular complexity index is 1570. The Hall–Kier alpha value is -2.29. The fourth-order valence-corrected chi connectivity index (χ4v) is 10.8. The summed E-state index contributed by atoms with van der Waals surface area (Å²) in [4.78, 5) is 37.9. The van der Waals surface area contributed by atoms with E-state index < -0.39 is 20.0 Å². The molecule has 9 nitrogen and oxygen atoms in total. The minimum absolute atomic E-state index is 0.0394. The molecule has 0 aliphatic carbocycles. The van der Waals surface area contributed by atoms with Gasteiger partial charge in [0.25, 0.3) is 0 Å². The molecule has 0 aromatic heterocycles. The Labute approximate surface area is 502 Å². The van der Waals surface area contributed by atoms with Gasteiger partial charge in [0.1, 0.15) is 19.3 Å². The van der Waals surface area contributed by atoms with E-state index in [1.807, 2.05) is 33.3 Å². The van der Waals surface area contributed by atoms with Gasteiger partial charge < -0.3 is 19.4 Å². The highest BCUT2D eigenvalue weighted by molar-refractivity contribution is 7.47. The molecule has 0 spiro atoms. The van der Waals surface area contributed by atoms with Crippen LogP contribution in [0.4, 0.5) is 0 Å². The summed E-state index contributed by atoms with van der Waals surface area (Å²) in [5.74, 6) is -0.499. The van der Waals surface area contributed by atoms with Gasteiger partial charge in [-0.05, 0) is 96.0 Å². The summed E-state index contributed by atoms with van der Waals surface area (Å²) >= 11 is 0. The number of hydrogen-bond acceptors (Lipinski definition) is 6. The van der Waals surface area contributed by atoms with Crippen LogP contribution < -0.4 is 5.32 Å². The number of quaternary nitrogens is 1. The first-order chi connectivity index (χ1) is 39.4. The number of phosphoric ester groups is 1. The third kappa shape index (κ3) is 62.1. The van der Waals surface area contributed by atoms with Crippen molar-refractivity contribution >= 4 is 19.7 Å². The van der Waals surface area contributed by atoms with Crippen molar-refractivity contribution in [3.8, 4) is 0 Å². The minimum atomic E-state index is -4.45. The molecule has 0 heterocycles. The highest BCUT2D eigenvalue weighted by Gasteiger charge is 2.30. The molecule has 3 atom stereocenters. The zero-order valence-electron chi connectivity index (χ0n) is 54.3. The summed E-state index contributed by atoms with van der Waals surface area (Å²) in [6.07, 6.45) is 77.9. The highest BCUT2D eigenvalue weighted by atomic mass is 31.2. The van der Waals surface area contributed by atoms with E-state index >= 15 is 0 Å². The Kier molecular flexibility index (Phi) is 59.1. The van der Waals surface area contributed by atoms with E-state index in [0.29, 0.717) is 17.4 Å². The smallest absolute Gasteiger partial charge is 0.456 e. The summed E-state index contributed by atoms with van der Waals surface area (Å²) < 4.78 is 30.8. The van der Waals surface area contributed by atoms with Crippen LogP contribution in [0.25, 0.3) is 0 Å². The number of esters is 1. The van der Waals surface area contributed by atoms with E-state index in [4.69, 9.17) is 13.8 Å². The third-order valence-corrected chi connectivity index (χ3v) is 16.4. The van der Waals surface area contributed by atoms with Gasteiger partial charge in [-0.3, -0.25) is 18.6 Å². The maximum absolute atomic E-state index is 13.6. The lowest BCUT2D eigenvalue weighted by molar-refractivity contribution is -0.870. The number of hydrogen-bond donors (Lipinski definition) is 2. The van der Waals surface area contributed by atoms with Crippen LogP contribution in [0.15, 0.2) is 60.8 Å². The van der Waals surface area contributed by atoms with Gasteiger partial charge in [0.15, 0.2) is 0 Å². The van der Waals surface area contributed by atoms with Crippen LogP contribution in [0.3, 0.4) is 0 Å². The Balaban J connectivity index is 5.14. The van der Waals surface area contributed by atoms with Crippen LogP contribution >= 0.6 is 7.82 Å². The predicted octanol–water partition coefficient (Wildman–Crippen LogP) is 21.8. The lowest BCUT2D eigenvalue weighted by Crippen LogP contribution is -2.47. The second kappa shape index (κ2) is 60.8. The standard InChI is InChI=1S/C71H133N2O7P/c1-7-10-13-16-19-22-25-28-30-32-34-35-36-37-39-40-42-45-48-51-54-57-60-63-70(74)72-68(67-79-81(76,77)78-66-65-73(4,5)6)69(62-59-56-53-50-47-44-27-24-21-18-15-12-9-3)80-71(75)64-61-58-55-52-49-46-43-41-38-33-31-29-26-23-20-17-14-11-8-2/h19-20,22-23,28-31,59,62,68-69H,7-18,21,24-27,32-58,60-61,63-67H2,1-6H3,(H-,72,74,76,77)/p+1/b22-19-,23-20-,30-28-,31-29-,62-59-. The number of phosphoric acid groups is 1. The van der Waals surface area contributed by atoms with Crippen molar-refractivity contribution in [3.05, 3.63) is 60.8 Å². The first-order valence-corrected chi connectivity index (χ1v) is 36.1. The molecule has 0 radical (unpaired) electrons. The van der Waals surface area contributed by atoms with Crippen molar-refractivity contribution in [2.24, 2.45) is 0 Å². The quantitative estimate of drug-likeness (QED) is 0.0205. The Morgan fingerprint density at radius 3 is 1.14 bits per heavy atom. The molecule has 0 bridgehead atoms. The van der Waals surface area contributed by atoms with Crippen LogP contribution in [0, 0.1) is 0 Å². The molecule has 0 rings (SSSR count). The molecule has 474 valence electrons. The monoisotopic (exact) mass is 1160 g/mol. The van der Waals surface area contributed by atoms with Gasteiger partial charge in [-0.25, -0.2) is 4.57 Å². The summed E-state index contributed by atoms with van der Waals surface area (Å²) in [6, 6.07) is -0.852. The largest absolute Gasteiger partial charge is 0.472 e. The van der Waals surface area contributed by atoms with E-state index in [-0.39, 0.29) is 31.5 Å². The lowest BCUT2D eigenvalue weighted by Gasteiger charge is -2.27. The summed E-state index contributed by atoms with van der Waals surface area (Å²) in [7, 11) is 1.50. The molecule has 0 aromatic rings. The second-order valence-corrected chi connectivity index (χ2v) is 26.1. The number of carbonyl (C=O) groups is 2. The molecule has 0 aliphatic rings. The van der Waals surface area contributed by atoms with E-state index in [0.717, 1.165) is 70.6 Å². The van der Waals surface area contributed by atoms with E-state index in [1.54, 1.807) is 0 Å². The lowest BCUT2D eigenvalue weighted by atomic mass is 10.0. The molecule has 0 aliphatic heterocycles. The van der Waals surface area contributed by atoms with E-state index in [2.05, 4.69) is 74.7 Å². The van der Waals surface area contributed by atoms with E-state index in [9.17, 15) is 19.0 Å². The molecular formula is C71H134N2O7P+. The molecule has 0 aromatic carbocycles. The first-order valence-electron chi connectivity index (χ1n) is 34.6.